The lowest BCUT2D eigenvalue weighted by Crippen LogP contribution is -1.95. The molecule has 0 aliphatic carbocycles. The van der Waals surface area contributed by atoms with Crippen molar-refractivity contribution >= 4 is 35.1 Å². The first-order valence-corrected chi connectivity index (χ1v) is 7.12. The molecule has 0 saturated carbocycles. The average Bonchev–Trinajstić information content (AvgIpc) is 2.47. The molecule has 0 atom stereocenters. The summed E-state index contributed by atoms with van der Waals surface area (Å²) in [6, 6.07) is 12.9. The van der Waals surface area contributed by atoms with E-state index in [2.05, 4.69) is 19.1 Å². The Bertz CT molecular complexity index is 643. The lowest BCUT2D eigenvalue weighted by molar-refractivity contribution is 0.104. The Balaban J connectivity index is 2.17. The highest BCUT2D eigenvalue weighted by atomic mass is 35.5. The topological polar surface area (TPSA) is 17.1 Å². The third-order valence-corrected chi connectivity index (χ3v) is 3.57. The number of aryl methyl sites for hydroxylation is 1. The zero-order chi connectivity index (χ0) is 14.5. The van der Waals surface area contributed by atoms with E-state index in [0.717, 1.165) is 12.0 Å². The van der Waals surface area contributed by atoms with Crippen LogP contribution in [-0.4, -0.2) is 5.78 Å². The van der Waals surface area contributed by atoms with Crippen LogP contribution < -0.4 is 0 Å². The Morgan fingerprint density at radius 1 is 1.10 bits per heavy atom. The molecule has 2 rings (SSSR count). The van der Waals surface area contributed by atoms with Gasteiger partial charge in [0.15, 0.2) is 5.78 Å². The Hall–Kier alpha value is -1.57. The normalized spacial score (nSPS) is 10.9. The van der Waals surface area contributed by atoms with Crippen molar-refractivity contribution in [3.05, 3.63) is 75.3 Å². The lowest BCUT2D eigenvalue weighted by Gasteiger charge is -2.01. The Kier molecular flexibility index (Phi) is 4.99. The van der Waals surface area contributed by atoms with Crippen LogP contribution >= 0.6 is 23.2 Å². The monoisotopic (exact) mass is 304 g/mol. The third-order valence-electron chi connectivity index (χ3n) is 3.01. The second-order valence-electron chi connectivity index (χ2n) is 4.42. The maximum atomic E-state index is 12.1. The highest BCUT2D eigenvalue weighted by Gasteiger charge is 2.07. The number of ketones is 1. The van der Waals surface area contributed by atoms with Gasteiger partial charge in [0.25, 0.3) is 0 Å². The first-order chi connectivity index (χ1) is 9.60. The molecule has 0 aromatic heterocycles. The smallest absolute Gasteiger partial charge is 0.187 e. The second-order valence-corrected chi connectivity index (χ2v) is 5.26. The van der Waals surface area contributed by atoms with Crippen LogP contribution in [0.2, 0.25) is 10.0 Å². The van der Waals surface area contributed by atoms with Crippen LogP contribution in [0.3, 0.4) is 0 Å². The first kappa shape index (κ1) is 14.8. The van der Waals surface area contributed by atoms with Crippen molar-refractivity contribution in [2.45, 2.75) is 13.3 Å². The summed E-state index contributed by atoms with van der Waals surface area (Å²) < 4.78 is 0. The molecule has 0 spiro atoms. The van der Waals surface area contributed by atoms with Crippen LogP contribution in [-0.2, 0) is 6.42 Å². The highest BCUT2D eigenvalue weighted by molar-refractivity contribution is 6.36. The SMILES string of the molecule is CCc1ccc(/C=C/C(=O)c2cc(Cl)ccc2Cl)cc1. The molecule has 0 bridgehead atoms. The Labute approximate surface area is 128 Å². The fraction of sp³-hybridized carbons (Fsp3) is 0.118. The first-order valence-electron chi connectivity index (χ1n) is 6.36. The Morgan fingerprint density at radius 3 is 2.45 bits per heavy atom. The molecule has 0 aliphatic rings. The summed E-state index contributed by atoms with van der Waals surface area (Å²) in [5, 5.41) is 0.906. The van der Waals surface area contributed by atoms with Gasteiger partial charge in [0.2, 0.25) is 0 Å². The largest absolute Gasteiger partial charge is 0.289 e. The van der Waals surface area contributed by atoms with Gasteiger partial charge in [-0.15, -0.1) is 0 Å². The fourth-order valence-corrected chi connectivity index (χ4v) is 2.20. The van der Waals surface area contributed by atoms with Crippen LogP contribution in [0.4, 0.5) is 0 Å². The van der Waals surface area contributed by atoms with Gasteiger partial charge in [-0.05, 0) is 41.8 Å². The molecular formula is C17H14Cl2O. The summed E-state index contributed by atoms with van der Waals surface area (Å²) in [7, 11) is 0. The number of rotatable bonds is 4. The number of allylic oxidation sites excluding steroid dienone is 1. The number of carbonyl (C=O) groups excluding carboxylic acids is 1. The molecule has 0 heterocycles. The van der Waals surface area contributed by atoms with Crippen molar-refractivity contribution in [1.29, 1.82) is 0 Å². The van der Waals surface area contributed by atoms with Gasteiger partial charge in [0.05, 0.1) is 5.02 Å². The van der Waals surface area contributed by atoms with Crippen LogP contribution in [0.15, 0.2) is 48.5 Å². The van der Waals surface area contributed by atoms with Crippen LogP contribution in [0.1, 0.15) is 28.4 Å². The third kappa shape index (κ3) is 3.72. The minimum atomic E-state index is -0.155. The van der Waals surface area contributed by atoms with Gasteiger partial charge < -0.3 is 0 Å². The van der Waals surface area contributed by atoms with Crippen molar-refractivity contribution in [1.82, 2.24) is 0 Å². The molecule has 0 saturated heterocycles. The van der Waals surface area contributed by atoms with E-state index in [4.69, 9.17) is 23.2 Å². The summed E-state index contributed by atoms with van der Waals surface area (Å²) in [5.74, 6) is -0.155. The number of carbonyl (C=O) groups is 1. The van der Waals surface area contributed by atoms with E-state index >= 15 is 0 Å². The molecule has 0 N–H and O–H groups in total. The quantitative estimate of drug-likeness (QED) is 0.542. The number of hydrogen-bond donors (Lipinski definition) is 0. The molecule has 1 nitrogen and oxygen atoms in total. The van der Waals surface area contributed by atoms with Crippen LogP contribution in [0.5, 0.6) is 0 Å². The minimum absolute atomic E-state index is 0.155. The average molecular weight is 305 g/mol. The summed E-state index contributed by atoms with van der Waals surface area (Å²) in [4.78, 5) is 12.1. The molecule has 3 heteroatoms. The van der Waals surface area contributed by atoms with E-state index in [9.17, 15) is 4.79 Å². The molecule has 0 fully saturated rings. The van der Waals surface area contributed by atoms with Crippen LogP contribution in [0, 0.1) is 0 Å². The number of hydrogen-bond acceptors (Lipinski definition) is 1. The van der Waals surface area contributed by atoms with E-state index in [-0.39, 0.29) is 5.78 Å². The summed E-state index contributed by atoms with van der Waals surface area (Å²) in [6.07, 6.45) is 4.29. The summed E-state index contributed by atoms with van der Waals surface area (Å²) in [6.45, 7) is 2.11. The summed E-state index contributed by atoms with van der Waals surface area (Å²) >= 11 is 11.9. The van der Waals surface area contributed by atoms with Crippen molar-refractivity contribution in [3.63, 3.8) is 0 Å². The molecule has 0 unspecified atom stereocenters. The molecule has 2 aromatic carbocycles. The van der Waals surface area contributed by atoms with Crippen LogP contribution in [0.25, 0.3) is 6.08 Å². The van der Waals surface area contributed by atoms with Gasteiger partial charge >= 0.3 is 0 Å². The fourth-order valence-electron chi connectivity index (χ4n) is 1.81. The number of benzene rings is 2. The van der Waals surface area contributed by atoms with Crippen molar-refractivity contribution in [2.24, 2.45) is 0 Å². The lowest BCUT2D eigenvalue weighted by atomic mass is 10.1. The molecule has 20 heavy (non-hydrogen) atoms. The minimum Gasteiger partial charge on any atom is -0.289 e. The maximum Gasteiger partial charge on any atom is 0.187 e. The van der Waals surface area contributed by atoms with Crippen molar-refractivity contribution in [2.75, 3.05) is 0 Å². The van der Waals surface area contributed by atoms with E-state index in [0.29, 0.717) is 15.6 Å². The van der Waals surface area contributed by atoms with Gasteiger partial charge in [-0.1, -0.05) is 60.5 Å². The van der Waals surface area contributed by atoms with E-state index in [1.54, 1.807) is 24.3 Å². The van der Waals surface area contributed by atoms with E-state index < -0.39 is 0 Å². The van der Waals surface area contributed by atoms with Crippen molar-refractivity contribution in [3.8, 4) is 0 Å². The van der Waals surface area contributed by atoms with E-state index in [1.807, 2.05) is 12.1 Å². The maximum absolute atomic E-state index is 12.1. The van der Waals surface area contributed by atoms with Gasteiger partial charge in [-0.25, -0.2) is 0 Å². The predicted molar refractivity (Wildman–Crippen MR) is 85.6 cm³/mol. The molecule has 0 amide bonds. The van der Waals surface area contributed by atoms with Crippen molar-refractivity contribution < 1.29 is 4.79 Å². The zero-order valence-corrected chi connectivity index (χ0v) is 12.6. The summed E-state index contributed by atoms with van der Waals surface area (Å²) in [5.41, 5.74) is 2.67. The second kappa shape index (κ2) is 6.74. The predicted octanol–water partition coefficient (Wildman–Crippen LogP) is 5.45. The zero-order valence-electron chi connectivity index (χ0n) is 11.1. The van der Waals surface area contributed by atoms with E-state index in [1.165, 1.54) is 11.6 Å². The van der Waals surface area contributed by atoms with Gasteiger partial charge in [0.1, 0.15) is 0 Å². The molecule has 102 valence electrons. The Morgan fingerprint density at radius 2 is 1.80 bits per heavy atom. The molecule has 0 aliphatic heterocycles. The molecular weight excluding hydrogens is 291 g/mol. The van der Waals surface area contributed by atoms with Gasteiger partial charge in [0, 0.05) is 10.6 Å². The number of halogens is 2. The van der Waals surface area contributed by atoms with Gasteiger partial charge in [-0.2, -0.15) is 0 Å². The highest BCUT2D eigenvalue weighted by Crippen LogP contribution is 2.21. The standard InChI is InChI=1S/C17H14Cl2O/c1-2-12-3-5-13(6-4-12)7-10-17(20)15-11-14(18)8-9-16(15)19/h3-11H,2H2,1H3/b10-7+. The van der Waals surface area contributed by atoms with Gasteiger partial charge in [-0.3, -0.25) is 4.79 Å². The molecule has 2 aromatic rings. The molecule has 0 radical (unpaired) electrons.